The Hall–Kier alpha value is -2.31. The normalized spacial score (nSPS) is 18.3. The summed E-state index contributed by atoms with van der Waals surface area (Å²) < 4.78 is 6.15. The number of carboxylic acid groups (broad SMARTS) is 1. The van der Waals surface area contributed by atoms with E-state index in [1.807, 2.05) is 30.5 Å². The van der Waals surface area contributed by atoms with Gasteiger partial charge >= 0.3 is 5.97 Å². The van der Waals surface area contributed by atoms with Crippen molar-refractivity contribution < 1.29 is 19.4 Å². The van der Waals surface area contributed by atoms with Gasteiger partial charge in [0.2, 0.25) is 5.91 Å². The number of carbonyl (C=O) groups excluding carboxylic acids is 1. The molecule has 0 spiro atoms. The van der Waals surface area contributed by atoms with Crippen LogP contribution in [0, 0.1) is 5.92 Å². The number of nitrogens with one attached hydrogen (secondary N) is 1. The van der Waals surface area contributed by atoms with E-state index in [0.29, 0.717) is 6.61 Å². The molecule has 2 N–H and O–H groups in total. The molecule has 2 aliphatic rings. The molecule has 1 atom stereocenters. The van der Waals surface area contributed by atoms with Crippen molar-refractivity contribution in [3.05, 3.63) is 65.2 Å². The molecule has 5 nitrogen and oxygen atoms in total. The van der Waals surface area contributed by atoms with Crippen LogP contribution >= 0.6 is 11.8 Å². The summed E-state index contributed by atoms with van der Waals surface area (Å²) in [6, 6.07) is 15.0. The standard InChI is InChI=1S/C24H27NO4S/c1-30-20-7-2-4-16(14-20)15-29-21(17-5-3-6-17)22(26)25-24(12-13-24)19-10-8-18(9-11-19)23(27)28/h2,4,7-11,14,17,21H,3,5-6,12-13,15H2,1H3,(H,25,26)(H,27,28). The van der Waals surface area contributed by atoms with Crippen LogP contribution in [0.4, 0.5) is 0 Å². The highest BCUT2D eigenvalue weighted by molar-refractivity contribution is 7.98. The monoisotopic (exact) mass is 425 g/mol. The molecule has 2 fully saturated rings. The summed E-state index contributed by atoms with van der Waals surface area (Å²) in [7, 11) is 0. The summed E-state index contributed by atoms with van der Waals surface area (Å²) in [5.41, 5.74) is 1.90. The van der Waals surface area contributed by atoms with E-state index in [1.165, 1.54) is 4.90 Å². The van der Waals surface area contributed by atoms with E-state index in [9.17, 15) is 9.59 Å². The van der Waals surface area contributed by atoms with Crippen LogP contribution in [-0.4, -0.2) is 29.3 Å². The molecule has 0 radical (unpaired) electrons. The number of hydrogen-bond acceptors (Lipinski definition) is 4. The van der Waals surface area contributed by atoms with Crippen molar-refractivity contribution in [2.24, 2.45) is 5.92 Å². The summed E-state index contributed by atoms with van der Waals surface area (Å²) in [4.78, 5) is 25.5. The summed E-state index contributed by atoms with van der Waals surface area (Å²) >= 11 is 1.69. The number of amides is 1. The first kappa shape index (κ1) is 20.9. The number of carbonyl (C=O) groups is 2. The average Bonchev–Trinajstić information content (AvgIpc) is 3.50. The molecule has 0 bridgehead atoms. The van der Waals surface area contributed by atoms with Crippen molar-refractivity contribution in [2.75, 3.05) is 6.26 Å². The third kappa shape index (κ3) is 4.55. The highest BCUT2D eigenvalue weighted by Crippen LogP contribution is 2.46. The van der Waals surface area contributed by atoms with Gasteiger partial charge in [0.15, 0.2) is 0 Å². The molecule has 4 rings (SSSR count). The van der Waals surface area contributed by atoms with Gasteiger partial charge in [-0.15, -0.1) is 11.8 Å². The summed E-state index contributed by atoms with van der Waals surface area (Å²) in [5, 5.41) is 12.3. The molecule has 2 saturated carbocycles. The van der Waals surface area contributed by atoms with Gasteiger partial charge in [0, 0.05) is 4.90 Å². The first-order valence-corrected chi connectivity index (χ1v) is 11.6. The molecule has 2 aromatic carbocycles. The Balaban J connectivity index is 1.43. The lowest BCUT2D eigenvalue weighted by molar-refractivity contribution is -0.141. The minimum Gasteiger partial charge on any atom is -0.478 e. The summed E-state index contributed by atoms with van der Waals surface area (Å²) in [5.74, 6) is -0.737. The predicted molar refractivity (Wildman–Crippen MR) is 117 cm³/mol. The van der Waals surface area contributed by atoms with Gasteiger partial charge < -0.3 is 15.2 Å². The Kier molecular flexibility index (Phi) is 6.16. The molecule has 2 aromatic rings. The van der Waals surface area contributed by atoms with Crippen LogP contribution in [0.5, 0.6) is 0 Å². The van der Waals surface area contributed by atoms with Crippen LogP contribution in [0.25, 0.3) is 0 Å². The van der Waals surface area contributed by atoms with Crippen molar-refractivity contribution in [1.29, 1.82) is 0 Å². The highest BCUT2D eigenvalue weighted by Gasteiger charge is 2.47. The maximum Gasteiger partial charge on any atom is 0.335 e. The Morgan fingerprint density at radius 1 is 1.20 bits per heavy atom. The summed E-state index contributed by atoms with van der Waals surface area (Å²) in [6.45, 7) is 0.420. The van der Waals surface area contributed by atoms with Crippen LogP contribution in [0.15, 0.2) is 53.4 Å². The van der Waals surface area contributed by atoms with Gasteiger partial charge in [-0.1, -0.05) is 30.7 Å². The molecule has 1 unspecified atom stereocenters. The van der Waals surface area contributed by atoms with Crippen molar-refractivity contribution in [2.45, 2.75) is 55.2 Å². The van der Waals surface area contributed by atoms with Gasteiger partial charge in [0.05, 0.1) is 17.7 Å². The maximum absolute atomic E-state index is 13.2. The quantitative estimate of drug-likeness (QED) is 0.575. The molecular formula is C24H27NO4S. The van der Waals surface area contributed by atoms with E-state index < -0.39 is 17.6 Å². The smallest absolute Gasteiger partial charge is 0.335 e. The number of benzene rings is 2. The molecule has 0 heterocycles. The number of thioether (sulfide) groups is 1. The first-order chi connectivity index (χ1) is 14.5. The van der Waals surface area contributed by atoms with Gasteiger partial charge in [0.1, 0.15) is 6.10 Å². The van der Waals surface area contributed by atoms with E-state index in [-0.39, 0.29) is 17.4 Å². The zero-order valence-corrected chi connectivity index (χ0v) is 17.9. The fourth-order valence-corrected chi connectivity index (χ4v) is 4.45. The van der Waals surface area contributed by atoms with Crippen LogP contribution in [-0.2, 0) is 21.7 Å². The average molecular weight is 426 g/mol. The first-order valence-electron chi connectivity index (χ1n) is 10.4. The van der Waals surface area contributed by atoms with Crippen LogP contribution in [0.1, 0.15) is 53.6 Å². The Bertz CT molecular complexity index is 919. The number of carboxylic acids is 1. The zero-order chi connectivity index (χ0) is 21.1. The summed E-state index contributed by atoms with van der Waals surface area (Å²) in [6.07, 6.45) is 6.49. The van der Waals surface area contributed by atoms with Crippen LogP contribution in [0.2, 0.25) is 0 Å². The minimum atomic E-state index is -0.945. The third-order valence-corrected chi connectivity index (χ3v) is 6.92. The van der Waals surface area contributed by atoms with Gasteiger partial charge in [0.25, 0.3) is 0 Å². The van der Waals surface area contributed by atoms with Gasteiger partial charge in [-0.2, -0.15) is 0 Å². The lowest BCUT2D eigenvalue weighted by Gasteiger charge is -2.34. The Morgan fingerprint density at radius 2 is 1.93 bits per heavy atom. The largest absolute Gasteiger partial charge is 0.478 e. The second-order valence-corrected chi connectivity index (χ2v) is 9.11. The second kappa shape index (κ2) is 8.82. The number of rotatable bonds is 9. The SMILES string of the molecule is CSc1cccc(COC(C(=O)NC2(c3ccc(C(=O)O)cc3)CC2)C2CCC2)c1. The third-order valence-electron chi connectivity index (χ3n) is 6.20. The van der Waals surface area contributed by atoms with E-state index >= 15 is 0 Å². The van der Waals surface area contributed by atoms with Crippen LogP contribution < -0.4 is 5.32 Å². The van der Waals surface area contributed by atoms with Gasteiger partial charge in [-0.25, -0.2) is 4.79 Å². The van der Waals surface area contributed by atoms with Crippen molar-refractivity contribution in [1.82, 2.24) is 5.32 Å². The molecule has 0 aliphatic heterocycles. The Morgan fingerprint density at radius 3 is 2.50 bits per heavy atom. The van der Waals surface area contributed by atoms with Gasteiger partial charge in [-0.05, 0) is 73.2 Å². The highest BCUT2D eigenvalue weighted by atomic mass is 32.2. The molecule has 6 heteroatoms. The van der Waals surface area contributed by atoms with Crippen LogP contribution in [0.3, 0.4) is 0 Å². The Labute approximate surface area is 181 Å². The fourth-order valence-electron chi connectivity index (χ4n) is 3.97. The minimum absolute atomic E-state index is 0.0551. The molecule has 0 aromatic heterocycles. The molecule has 30 heavy (non-hydrogen) atoms. The number of hydrogen-bond donors (Lipinski definition) is 2. The van der Waals surface area contributed by atoms with E-state index in [2.05, 4.69) is 17.4 Å². The molecule has 2 aliphatic carbocycles. The lowest BCUT2D eigenvalue weighted by atomic mass is 9.80. The van der Waals surface area contributed by atoms with E-state index in [0.717, 1.165) is 43.2 Å². The number of ether oxygens (including phenoxy) is 1. The topological polar surface area (TPSA) is 75.6 Å². The van der Waals surface area contributed by atoms with Crippen molar-refractivity contribution >= 4 is 23.6 Å². The molecule has 158 valence electrons. The molecule has 0 saturated heterocycles. The number of aromatic carboxylic acids is 1. The molecular weight excluding hydrogens is 398 g/mol. The van der Waals surface area contributed by atoms with Crippen molar-refractivity contribution in [3.63, 3.8) is 0 Å². The van der Waals surface area contributed by atoms with E-state index in [4.69, 9.17) is 9.84 Å². The van der Waals surface area contributed by atoms with Gasteiger partial charge in [-0.3, -0.25) is 4.79 Å². The van der Waals surface area contributed by atoms with E-state index in [1.54, 1.807) is 23.9 Å². The predicted octanol–water partition coefficient (Wildman–Crippen LogP) is 4.60. The molecule has 1 amide bonds. The van der Waals surface area contributed by atoms with Crippen molar-refractivity contribution in [3.8, 4) is 0 Å². The zero-order valence-electron chi connectivity index (χ0n) is 17.1. The maximum atomic E-state index is 13.2. The lowest BCUT2D eigenvalue weighted by Crippen LogP contribution is -2.47. The fraction of sp³-hybridized carbons (Fsp3) is 0.417. The second-order valence-electron chi connectivity index (χ2n) is 8.23.